The lowest BCUT2D eigenvalue weighted by atomic mass is 10.1. The number of aliphatic hydroxyl groups is 1. The lowest BCUT2D eigenvalue weighted by Crippen LogP contribution is -2.20. The molecule has 2 aromatic rings. The van der Waals surface area contributed by atoms with Crippen LogP contribution in [-0.4, -0.2) is 38.6 Å². The summed E-state index contributed by atoms with van der Waals surface area (Å²) in [6, 6.07) is 13.4. The topological polar surface area (TPSA) is 60.0 Å². The first kappa shape index (κ1) is 22.5. The zero-order valence-electron chi connectivity index (χ0n) is 14.7. The van der Waals surface area contributed by atoms with E-state index in [0.717, 1.165) is 16.9 Å². The smallest absolute Gasteiger partial charge is 0.166 e. The zero-order chi connectivity index (χ0) is 17.9. The van der Waals surface area contributed by atoms with Gasteiger partial charge in [-0.15, -0.1) is 12.4 Å². The van der Waals surface area contributed by atoms with Crippen molar-refractivity contribution in [1.29, 1.82) is 0 Å². The van der Waals surface area contributed by atoms with Crippen molar-refractivity contribution < 1.29 is 19.3 Å². The summed E-state index contributed by atoms with van der Waals surface area (Å²) in [5.41, 5.74) is 2.04. The van der Waals surface area contributed by atoms with Crippen molar-refractivity contribution in [3.05, 3.63) is 58.6 Å². The predicted molar refractivity (Wildman–Crippen MR) is 106 cm³/mol. The molecule has 0 saturated heterocycles. The van der Waals surface area contributed by atoms with Gasteiger partial charge in [0.15, 0.2) is 11.5 Å². The Balaban J connectivity index is 0.00000338. The molecule has 0 fully saturated rings. The Kier molecular flexibility index (Phi) is 11.1. The lowest BCUT2D eigenvalue weighted by Gasteiger charge is -2.16. The predicted octanol–water partition coefficient (Wildman–Crippen LogP) is 3.45. The van der Waals surface area contributed by atoms with Gasteiger partial charge in [-0.05, 0) is 23.8 Å². The Morgan fingerprint density at radius 2 is 1.85 bits per heavy atom. The van der Waals surface area contributed by atoms with E-state index in [0.29, 0.717) is 43.7 Å². The molecule has 7 heteroatoms. The maximum absolute atomic E-state index is 8.68. The second-order valence-corrected chi connectivity index (χ2v) is 5.81. The van der Waals surface area contributed by atoms with Crippen molar-refractivity contribution in [3.8, 4) is 11.5 Å². The standard InChI is InChI=1S/C19H24ClNO4.ClH/c1-23-18-4-2-3-16(13-21-9-11-24-12-10-22)19(18)25-14-15-5-7-17(20)8-6-15;/h2-8,21-22H,9-14H2,1H3;1H. The van der Waals surface area contributed by atoms with Crippen molar-refractivity contribution in [2.45, 2.75) is 13.2 Å². The molecule has 0 heterocycles. The summed E-state index contributed by atoms with van der Waals surface area (Å²) in [4.78, 5) is 0. The van der Waals surface area contributed by atoms with Crippen LogP contribution in [0.2, 0.25) is 5.02 Å². The maximum Gasteiger partial charge on any atom is 0.166 e. The van der Waals surface area contributed by atoms with Gasteiger partial charge in [0, 0.05) is 23.7 Å². The molecule has 2 N–H and O–H groups in total. The van der Waals surface area contributed by atoms with Crippen molar-refractivity contribution >= 4 is 24.0 Å². The molecule has 2 rings (SSSR count). The number of halogens is 2. The van der Waals surface area contributed by atoms with Crippen LogP contribution in [0.4, 0.5) is 0 Å². The van der Waals surface area contributed by atoms with Crippen LogP contribution >= 0.6 is 24.0 Å². The summed E-state index contributed by atoms with van der Waals surface area (Å²) >= 11 is 5.91. The van der Waals surface area contributed by atoms with E-state index in [4.69, 9.17) is 30.9 Å². The fourth-order valence-corrected chi connectivity index (χ4v) is 2.42. The first-order valence-corrected chi connectivity index (χ1v) is 8.55. The molecule has 26 heavy (non-hydrogen) atoms. The normalized spacial score (nSPS) is 10.3. The van der Waals surface area contributed by atoms with Gasteiger partial charge >= 0.3 is 0 Å². The van der Waals surface area contributed by atoms with Gasteiger partial charge < -0.3 is 24.6 Å². The third kappa shape index (κ3) is 7.40. The number of benzene rings is 2. The lowest BCUT2D eigenvalue weighted by molar-refractivity contribution is 0.0937. The van der Waals surface area contributed by atoms with Crippen LogP contribution < -0.4 is 14.8 Å². The van der Waals surface area contributed by atoms with Gasteiger partial charge in [0.2, 0.25) is 0 Å². The van der Waals surface area contributed by atoms with E-state index in [1.165, 1.54) is 0 Å². The van der Waals surface area contributed by atoms with Crippen LogP contribution in [0.1, 0.15) is 11.1 Å². The molecular formula is C19H25Cl2NO4. The molecule has 0 saturated carbocycles. The van der Waals surface area contributed by atoms with Crippen molar-refractivity contribution in [2.75, 3.05) is 33.5 Å². The van der Waals surface area contributed by atoms with Crippen LogP contribution in [0.25, 0.3) is 0 Å². The van der Waals surface area contributed by atoms with E-state index in [-0.39, 0.29) is 19.0 Å². The number of rotatable bonds is 11. The number of nitrogens with one attached hydrogen (secondary N) is 1. The highest BCUT2D eigenvalue weighted by molar-refractivity contribution is 6.30. The largest absolute Gasteiger partial charge is 0.493 e. The minimum Gasteiger partial charge on any atom is -0.493 e. The Bertz CT molecular complexity index is 638. The zero-order valence-corrected chi connectivity index (χ0v) is 16.3. The maximum atomic E-state index is 8.68. The van der Waals surface area contributed by atoms with Crippen LogP contribution in [0, 0.1) is 0 Å². The molecule has 0 aliphatic rings. The second-order valence-electron chi connectivity index (χ2n) is 5.38. The molecule has 0 radical (unpaired) electrons. The van der Waals surface area contributed by atoms with Crippen LogP contribution in [-0.2, 0) is 17.9 Å². The summed E-state index contributed by atoms with van der Waals surface area (Å²) in [6.45, 7) is 2.70. The highest BCUT2D eigenvalue weighted by Gasteiger charge is 2.10. The van der Waals surface area contributed by atoms with E-state index in [1.54, 1.807) is 7.11 Å². The molecule has 5 nitrogen and oxygen atoms in total. The molecule has 0 bridgehead atoms. The summed E-state index contributed by atoms with van der Waals surface area (Å²) in [5, 5.41) is 12.7. The van der Waals surface area contributed by atoms with Gasteiger partial charge in [-0.2, -0.15) is 0 Å². The van der Waals surface area contributed by atoms with Crippen molar-refractivity contribution in [1.82, 2.24) is 5.32 Å². The summed E-state index contributed by atoms with van der Waals surface area (Å²) < 4.78 is 16.7. The number of aliphatic hydroxyl groups excluding tert-OH is 1. The molecule has 0 spiro atoms. The van der Waals surface area contributed by atoms with Gasteiger partial charge in [0.1, 0.15) is 6.61 Å². The minimum atomic E-state index is 0. The third-order valence-electron chi connectivity index (χ3n) is 3.55. The number of methoxy groups -OCH3 is 1. The van der Waals surface area contributed by atoms with Crippen molar-refractivity contribution in [2.24, 2.45) is 0 Å². The van der Waals surface area contributed by atoms with E-state index >= 15 is 0 Å². The summed E-state index contributed by atoms with van der Waals surface area (Å²) in [7, 11) is 1.63. The number of hydrogen-bond acceptors (Lipinski definition) is 5. The van der Waals surface area contributed by atoms with Crippen LogP contribution in [0.15, 0.2) is 42.5 Å². The third-order valence-corrected chi connectivity index (χ3v) is 3.80. The van der Waals surface area contributed by atoms with Gasteiger partial charge in [0.05, 0.1) is 26.9 Å². The minimum absolute atomic E-state index is 0. The fourth-order valence-electron chi connectivity index (χ4n) is 2.30. The molecule has 2 aromatic carbocycles. The number of ether oxygens (including phenoxy) is 3. The highest BCUT2D eigenvalue weighted by Crippen LogP contribution is 2.31. The van der Waals surface area contributed by atoms with E-state index in [9.17, 15) is 0 Å². The van der Waals surface area contributed by atoms with Gasteiger partial charge in [-0.1, -0.05) is 35.9 Å². The SMILES string of the molecule is COc1cccc(CNCCOCCO)c1OCc1ccc(Cl)cc1.Cl. The molecule has 0 aromatic heterocycles. The molecule has 144 valence electrons. The van der Waals surface area contributed by atoms with Gasteiger partial charge in [-0.25, -0.2) is 0 Å². The quantitative estimate of drug-likeness (QED) is 0.564. The van der Waals surface area contributed by atoms with E-state index < -0.39 is 0 Å². The average molecular weight is 402 g/mol. The Morgan fingerprint density at radius 1 is 1.08 bits per heavy atom. The summed E-state index contributed by atoms with van der Waals surface area (Å²) in [6.07, 6.45) is 0. The van der Waals surface area contributed by atoms with Gasteiger partial charge in [0.25, 0.3) is 0 Å². The average Bonchev–Trinajstić information content (AvgIpc) is 2.64. The highest BCUT2D eigenvalue weighted by atomic mass is 35.5. The number of hydrogen-bond donors (Lipinski definition) is 2. The monoisotopic (exact) mass is 401 g/mol. The van der Waals surface area contributed by atoms with Crippen LogP contribution in [0.5, 0.6) is 11.5 Å². The summed E-state index contributed by atoms with van der Waals surface area (Å²) in [5.74, 6) is 1.42. The molecule has 0 unspecified atom stereocenters. The molecule has 0 aliphatic carbocycles. The van der Waals surface area contributed by atoms with Gasteiger partial charge in [-0.3, -0.25) is 0 Å². The molecular weight excluding hydrogens is 377 g/mol. The second kappa shape index (κ2) is 12.8. The Morgan fingerprint density at radius 3 is 2.54 bits per heavy atom. The fraction of sp³-hybridized carbons (Fsp3) is 0.368. The van der Waals surface area contributed by atoms with E-state index in [2.05, 4.69) is 5.32 Å². The first-order chi connectivity index (χ1) is 12.2. The Hall–Kier alpha value is -1.50. The molecule has 0 atom stereocenters. The first-order valence-electron chi connectivity index (χ1n) is 8.17. The molecule has 0 aliphatic heterocycles. The van der Waals surface area contributed by atoms with Crippen molar-refractivity contribution in [3.63, 3.8) is 0 Å². The van der Waals surface area contributed by atoms with E-state index in [1.807, 2.05) is 42.5 Å². The van der Waals surface area contributed by atoms with Crippen LogP contribution in [0.3, 0.4) is 0 Å². The Labute approximate surface area is 165 Å². The number of para-hydroxylation sites is 1. The molecule has 0 amide bonds.